The Morgan fingerprint density at radius 1 is 1.16 bits per heavy atom. The molecular weight excluding hydrogens is 302 g/mol. The van der Waals surface area contributed by atoms with E-state index in [2.05, 4.69) is 53.2 Å². The van der Waals surface area contributed by atoms with E-state index in [1.807, 2.05) is 12.1 Å². The summed E-state index contributed by atoms with van der Waals surface area (Å²) in [6.45, 7) is 2.07. The molecule has 3 heteroatoms. The Kier molecular flexibility index (Phi) is 4.61. The summed E-state index contributed by atoms with van der Waals surface area (Å²) in [7, 11) is 1.67. The van der Waals surface area contributed by atoms with Crippen LogP contribution in [0.25, 0.3) is 0 Å². The number of ether oxygens (including phenoxy) is 1. The quantitative estimate of drug-likeness (QED) is 0.924. The van der Waals surface area contributed by atoms with Gasteiger partial charge in [0.05, 0.1) is 7.11 Å². The molecule has 19 heavy (non-hydrogen) atoms. The minimum absolute atomic E-state index is 0.00490. The highest BCUT2D eigenvalue weighted by Crippen LogP contribution is 2.23. The Balaban J connectivity index is 2.10. The molecule has 1 atom stereocenters. The number of hydrogen-bond donors (Lipinski definition) is 1. The van der Waals surface area contributed by atoms with Crippen LogP contribution in [0.2, 0.25) is 0 Å². The minimum Gasteiger partial charge on any atom is -0.497 e. The average Bonchev–Trinajstić information content (AvgIpc) is 2.42. The van der Waals surface area contributed by atoms with E-state index in [1.165, 1.54) is 11.1 Å². The summed E-state index contributed by atoms with van der Waals surface area (Å²) >= 11 is 3.55. The number of nitrogens with two attached hydrogens (primary N) is 1. The Bertz CT molecular complexity index is 551. The average molecular weight is 320 g/mol. The maximum atomic E-state index is 6.26. The maximum Gasteiger partial charge on any atom is 0.118 e. The summed E-state index contributed by atoms with van der Waals surface area (Å²) in [5, 5.41) is 0. The fourth-order valence-corrected chi connectivity index (χ4v) is 2.37. The van der Waals surface area contributed by atoms with Crippen LogP contribution in [0, 0.1) is 6.92 Å². The van der Waals surface area contributed by atoms with E-state index in [-0.39, 0.29) is 6.04 Å². The second kappa shape index (κ2) is 6.22. The summed E-state index contributed by atoms with van der Waals surface area (Å²) in [4.78, 5) is 0. The molecule has 2 rings (SSSR count). The van der Waals surface area contributed by atoms with Gasteiger partial charge >= 0.3 is 0 Å². The summed E-state index contributed by atoms with van der Waals surface area (Å²) < 4.78 is 6.26. The van der Waals surface area contributed by atoms with Crippen molar-refractivity contribution in [1.29, 1.82) is 0 Å². The zero-order valence-electron chi connectivity index (χ0n) is 11.2. The molecule has 0 radical (unpaired) electrons. The van der Waals surface area contributed by atoms with Gasteiger partial charge < -0.3 is 10.5 Å². The number of rotatable bonds is 4. The summed E-state index contributed by atoms with van der Waals surface area (Å²) in [5.41, 5.74) is 9.85. The molecule has 2 aromatic rings. The lowest BCUT2D eigenvalue weighted by atomic mass is 9.99. The van der Waals surface area contributed by atoms with Crippen molar-refractivity contribution in [2.45, 2.75) is 19.4 Å². The first kappa shape index (κ1) is 14.1. The minimum atomic E-state index is 0.00490. The molecule has 0 heterocycles. The van der Waals surface area contributed by atoms with Crippen molar-refractivity contribution in [1.82, 2.24) is 0 Å². The normalized spacial score (nSPS) is 12.2. The van der Waals surface area contributed by atoms with Crippen LogP contribution in [0.5, 0.6) is 5.75 Å². The molecule has 2 aromatic carbocycles. The van der Waals surface area contributed by atoms with E-state index < -0.39 is 0 Å². The SMILES string of the molecule is COc1ccc(CC(N)c2ccc(C)c(Br)c2)cc1. The molecule has 0 fully saturated rings. The second-order valence-electron chi connectivity index (χ2n) is 4.67. The Morgan fingerprint density at radius 3 is 2.42 bits per heavy atom. The Morgan fingerprint density at radius 2 is 1.84 bits per heavy atom. The number of benzene rings is 2. The second-order valence-corrected chi connectivity index (χ2v) is 5.52. The van der Waals surface area contributed by atoms with Crippen LogP contribution in [-0.2, 0) is 6.42 Å². The van der Waals surface area contributed by atoms with Gasteiger partial charge in [0.1, 0.15) is 5.75 Å². The van der Waals surface area contributed by atoms with E-state index in [1.54, 1.807) is 7.11 Å². The number of hydrogen-bond acceptors (Lipinski definition) is 2. The molecule has 0 saturated heterocycles. The predicted octanol–water partition coefficient (Wildman–Crippen LogP) is 4.01. The molecule has 0 aliphatic heterocycles. The fourth-order valence-electron chi connectivity index (χ4n) is 1.97. The molecule has 0 spiro atoms. The van der Waals surface area contributed by atoms with Crippen LogP contribution in [0.15, 0.2) is 46.9 Å². The standard InChI is InChI=1S/C16H18BrNO/c1-11-3-6-13(10-15(11)17)16(18)9-12-4-7-14(19-2)8-5-12/h3-8,10,16H,9,18H2,1-2H3. The van der Waals surface area contributed by atoms with Gasteiger partial charge in [0.15, 0.2) is 0 Å². The highest BCUT2D eigenvalue weighted by Gasteiger charge is 2.08. The number of aryl methyl sites for hydroxylation is 1. The first-order valence-electron chi connectivity index (χ1n) is 6.24. The third-order valence-corrected chi connectivity index (χ3v) is 4.09. The third-order valence-electron chi connectivity index (χ3n) is 3.24. The van der Waals surface area contributed by atoms with Gasteiger partial charge in [-0.3, -0.25) is 0 Å². The lowest BCUT2D eigenvalue weighted by Gasteiger charge is -2.13. The van der Waals surface area contributed by atoms with Gasteiger partial charge in [-0.25, -0.2) is 0 Å². The highest BCUT2D eigenvalue weighted by atomic mass is 79.9. The van der Waals surface area contributed by atoms with Crippen LogP contribution in [0.4, 0.5) is 0 Å². The maximum absolute atomic E-state index is 6.26. The summed E-state index contributed by atoms with van der Waals surface area (Å²) in [6.07, 6.45) is 0.819. The monoisotopic (exact) mass is 319 g/mol. The lowest BCUT2D eigenvalue weighted by molar-refractivity contribution is 0.414. The first-order valence-corrected chi connectivity index (χ1v) is 7.04. The third kappa shape index (κ3) is 3.58. The predicted molar refractivity (Wildman–Crippen MR) is 82.5 cm³/mol. The van der Waals surface area contributed by atoms with Gasteiger partial charge in [0.25, 0.3) is 0 Å². The number of halogens is 1. The van der Waals surface area contributed by atoms with E-state index >= 15 is 0 Å². The van der Waals surface area contributed by atoms with Gasteiger partial charge in [-0.1, -0.05) is 40.2 Å². The first-order chi connectivity index (χ1) is 9.10. The van der Waals surface area contributed by atoms with Gasteiger partial charge in [0, 0.05) is 10.5 Å². The summed E-state index contributed by atoms with van der Waals surface area (Å²) in [6, 6.07) is 14.3. The van der Waals surface area contributed by atoms with Gasteiger partial charge in [-0.15, -0.1) is 0 Å². The topological polar surface area (TPSA) is 35.2 Å². The Labute approximate surface area is 122 Å². The van der Waals surface area contributed by atoms with Crippen molar-refractivity contribution in [2.75, 3.05) is 7.11 Å². The molecule has 2 N–H and O–H groups in total. The zero-order valence-corrected chi connectivity index (χ0v) is 12.8. The van der Waals surface area contributed by atoms with Crippen LogP contribution in [0.3, 0.4) is 0 Å². The van der Waals surface area contributed by atoms with E-state index in [0.29, 0.717) is 0 Å². The van der Waals surface area contributed by atoms with Gasteiger partial charge in [0.2, 0.25) is 0 Å². The van der Waals surface area contributed by atoms with Crippen LogP contribution < -0.4 is 10.5 Å². The van der Waals surface area contributed by atoms with Crippen LogP contribution >= 0.6 is 15.9 Å². The largest absolute Gasteiger partial charge is 0.497 e. The lowest BCUT2D eigenvalue weighted by Crippen LogP contribution is -2.13. The van der Waals surface area contributed by atoms with Crippen LogP contribution in [-0.4, -0.2) is 7.11 Å². The van der Waals surface area contributed by atoms with Crippen LogP contribution in [0.1, 0.15) is 22.7 Å². The van der Waals surface area contributed by atoms with E-state index in [9.17, 15) is 0 Å². The van der Waals surface area contributed by atoms with Crippen molar-refractivity contribution in [3.63, 3.8) is 0 Å². The molecular formula is C16H18BrNO. The van der Waals surface area contributed by atoms with Crippen molar-refractivity contribution in [2.24, 2.45) is 5.73 Å². The van der Waals surface area contributed by atoms with E-state index in [0.717, 1.165) is 22.2 Å². The molecule has 0 amide bonds. The van der Waals surface area contributed by atoms with Crippen molar-refractivity contribution >= 4 is 15.9 Å². The molecule has 0 saturated carbocycles. The zero-order chi connectivity index (χ0) is 13.8. The molecule has 0 aromatic heterocycles. The van der Waals surface area contributed by atoms with Crippen molar-refractivity contribution in [3.05, 3.63) is 63.6 Å². The molecule has 0 aliphatic carbocycles. The van der Waals surface area contributed by atoms with E-state index in [4.69, 9.17) is 10.5 Å². The molecule has 0 bridgehead atoms. The van der Waals surface area contributed by atoms with Gasteiger partial charge in [-0.05, 0) is 48.2 Å². The smallest absolute Gasteiger partial charge is 0.118 e. The molecule has 0 aliphatic rings. The highest BCUT2D eigenvalue weighted by molar-refractivity contribution is 9.10. The van der Waals surface area contributed by atoms with Crippen molar-refractivity contribution in [3.8, 4) is 5.75 Å². The van der Waals surface area contributed by atoms with Gasteiger partial charge in [-0.2, -0.15) is 0 Å². The fraction of sp³-hybridized carbons (Fsp3) is 0.250. The van der Waals surface area contributed by atoms with Crippen molar-refractivity contribution < 1.29 is 4.74 Å². The molecule has 1 unspecified atom stereocenters. The molecule has 2 nitrogen and oxygen atoms in total. The molecule has 100 valence electrons. The Hall–Kier alpha value is -1.32. The number of methoxy groups -OCH3 is 1. The summed E-state index contributed by atoms with van der Waals surface area (Å²) in [5.74, 6) is 0.871.